The number of hydrogen-bond acceptors (Lipinski definition) is 10. The summed E-state index contributed by atoms with van der Waals surface area (Å²) in [6.07, 6.45) is 9.39. The van der Waals surface area contributed by atoms with Crippen LogP contribution in [0.3, 0.4) is 0 Å². The highest BCUT2D eigenvalue weighted by Gasteiger charge is 2.60. The van der Waals surface area contributed by atoms with Crippen LogP contribution in [0.2, 0.25) is 0 Å². The Morgan fingerprint density at radius 3 is 1.69 bits per heavy atom. The number of hydrogen-bond donors (Lipinski definition) is 2. The maximum absolute atomic E-state index is 12.6. The number of nitrogens with zero attached hydrogens (tertiary/aromatic N) is 4. The molecule has 2 N–H and O–H groups in total. The summed E-state index contributed by atoms with van der Waals surface area (Å²) in [5, 5.41) is 6.62. The Hall–Kier alpha value is -2.54. The maximum Gasteiger partial charge on any atom is 0.331 e. The predicted octanol–water partition coefficient (Wildman–Crippen LogP) is 1.41. The van der Waals surface area contributed by atoms with Gasteiger partial charge in [-0.05, 0) is 44.0 Å². The van der Waals surface area contributed by atoms with Crippen LogP contribution in [0.5, 0.6) is 0 Å². The van der Waals surface area contributed by atoms with Crippen molar-refractivity contribution in [1.82, 2.24) is 20.6 Å². The molecule has 6 heterocycles. The first-order valence-electron chi connectivity index (χ1n) is 11.7. The van der Waals surface area contributed by atoms with Gasteiger partial charge in [0.15, 0.2) is 11.2 Å². The summed E-state index contributed by atoms with van der Waals surface area (Å²) >= 11 is 6.90. The smallest absolute Gasteiger partial charge is 0.331 e. The van der Waals surface area contributed by atoms with Gasteiger partial charge in [0.25, 0.3) is 0 Å². The van der Waals surface area contributed by atoms with Crippen molar-refractivity contribution in [3.63, 3.8) is 0 Å². The summed E-state index contributed by atoms with van der Waals surface area (Å²) < 4.78 is 13.5. The van der Waals surface area contributed by atoms with Gasteiger partial charge < -0.3 is 29.9 Å². The number of carbonyl (C=O) groups is 2. The molecule has 4 aliphatic heterocycles. The Bertz CT molecular complexity index is 1150. The Kier molecular flexibility index (Phi) is 6.02. The third kappa shape index (κ3) is 4.09. The highest BCUT2D eigenvalue weighted by atomic mass is 79.9. The summed E-state index contributed by atoms with van der Waals surface area (Å²) in [4.78, 5) is 38.1. The Labute approximate surface area is 224 Å². The minimum atomic E-state index is -0.626. The van der Waals surface area contributed by atoms with Crippen molar-refractivity contribution >= 4 is 55.2 Å². The van der Waals surface area contributed by atoms with Crippen LogP contribution in [0.4, 0.5) is 11.4 Å². The van der Waals surface area contributed by atoms with Crippen molar-refractivity contribution in [3.05, 3.63) is 58.0 Å². The van der Waals surface area contributed by atoms with E-state index in [0.29, 0.717) is 39.3 Å². The van der Waals surface area contributed by atoms with Crippen molar-refractivity contribution in [1.29, 1.82) is 0 Å². The Balaban J connectivity index is 1.05. The van der Waals surface area contributed by atoms with E-state index in [1.54, 1.807) is 24.8 Å². The van der Waals surface area contributed by atoms with Gasteiger partial charge in [-0.2, -0.15) is 0 Å². The first-order chi connectivity index (χ1) is 17.4. The molecule has 4 fully saturated rings. The highest BCUT2D eigenvalue weighted by molar-refractivity contribution is 9.10. The second kappa shape index (κ2) is 9.09. The van der Waals surface area contributed by atoms with Crippen LogP contribution in [0.15, 0.2) is 58.0 Å². The van der Waals surface area contributed by atoms with Gasteiger partial charge in [-0.1, -0.05) is 0 Å². The van der Waals surface area contributed by atoms with Crippen LogP contribution < -0.4 is 20.4 Å². The molecule has 4 saturated heterocycles. The van der Waals surface area contributed by atoms with Crippen LogP contribution in [0.25, 0.3) is 0 Å². The van der Waals surface area contributed by atoms with Crippen LogP contribution in [0.1, 0.15) is 0 Å². The zero-order valence-electron chi connectivity index (χ0n) is 19.2. The number of esters is 2. The van der Waals surface area contributed by atoms with Gasteiger partial charge in [-0.25, -0.2) is 9.59 Å². The fraction of sp³-hybridized carbons (Fsp3) is 0.417. The van der Waals surface area contributed by atoms with Crippen molar-refractivity contribution in [2.45, 2.75) is 23.3 Å². The second-order valence-electron chi connectivity index (χ2n) is 9.58. The molecule has 0 radical (unpaired) electrons. The molecule has 0 aromatic carbocycles. The summed E-state index contributed by atoms with van der Waals surface area (Å²) in [5.74, 6) is -1.11. The van der Waals surface area contributed by atoms with E-state index in [9.17, 15) is 9.59 Å². The number of aromatic nitrogens is 2. The SMILES string of the molecule is O=C(/C=C/C(=O)O[C@]12CNC[C@@H]1N(c1cncc(Br)c1)C2)O[C@]12CNC[C@@H]1N(c1cncc(Br)c1)C2. The Morgan fingerprint density at radius 2 is 1.28 bits per heavy atom. The van der Waals surface area contributed by atoms with Gasteiger partial charge in [-0.3, -0.25) is 9.97 Å². The van der Waals surface area contributed by atoms with E-state index in [2.05, 4.69) is 62.3 Å². The molecule has 0 unspecified atom stereocenters. The van der Waals surface area contributed by atoms with Gasteiger partial charge >= 0.3 is 11.9 Å². The minimum absolute atomic E-state index is 0.00980. The lowest BCUT2D eigenvalue weighted by atomic mass is 9.85. The number of pyridine rings is 2. The van der Waals surface area contributed by atoms with Crippen molar-refractivity contribution in [3.8, 4) is 0 Å². The summed E-state index contributed by atoms with van der Waals surface area (Å²) in [6.45, 7) is 3.65. The molecule has 4 aliphatic rings. The second-order valence-corrected chi connectivity index (χ2v) is 11.4. The predicted molar refractivity (Wildman–Crippen MR) is 139 cm³/mol. The summed E-state index contributed by atoms with van der Waals surface area (Å²) in [7, 11) is 0. The van der Waals surface area contributed by atoms with Crippen LogP contribution in [-0.4, -0.2) is 84.5 Å². The normalized spacial score (nSPS) is 30.4. The van der Waals surface area contributed by atoms with E-state index in [-0.39, 0.29) is 12.1 Å². The molecule has 188 valence electrons. The molecule has 0 spiro atoms. The zero-order valence-corrected chi connectivity index (χ0v) is 22.4. The summed E-state index contributed by atoms with van der Waals surface area (Å²) in [5.41, 5.74) is 0.686. The van der Waals surface area contributed by atoms with Gasteiger partial charge in [0.2, 0.25) is 0 Å². The number of ether oxygens (including phenoxy) is 2. The third-order valence-electron chi connectivity index (χ3n) is 7.37. The van der Waals surface area contributed by atoms with Crippen LogP contribution >= 0.6 is 31.9 Å². The molecule has 0 amide bonds. The zero-order chi connectivity index (χ0) is 24.9. The maximum atomic E-state index is 12.6. The largest absolute Gasteiger partial charge is 0.450 e. The number of nitrogens with one attached hydrogen (secondary N) is 2. The molecule has 2 aromatic heterocycles. The average molecular weight is 620 g/mol. The monoisotopic (exact) mass is 618 g/mol. The molecule has 10 nitrogen and oxygen atoms in total. The van der Waals surface area contributed by atoms with E-state index in [1.807, 2.05) is 12.1 Å². The fourth-order valence-corrected chi connectivity index (χ4v) is 6.37. The van der Waals surface area contributed by atoms with E-state index in [0.717, 1.165) is 20.3 Å². The van der Waals surface area contributed by atoms with Crippen LogP contribution in [0, 0.1) is 0 Å². The van der Waals surface area contributed by atoms with Gasteiger partial charge in [0, 0.05) is 59.7 Å². The van der Waals surface area contributed by atoms with Crippen LogP contribution in [-0.2, 0) is 19.1 Å². The molecular weight excluding hydrogens is 596 g/mol. The van der Waals surface area contributed by atoms with Crippen molar-refractivity contribution in [2.24, 2.45) is 0 Å². The first kappa shape index (κ1) is 23.8. The number of anilines is 2. The minimum Gasteiger partial charge on any atom is -0.450 e. The molecule has 36 heavy (non-hydrogen) atoms. The van der Waals surface area contributed by atoms with Gasteiger partial charge in [-0.15, -0.1) is 0 Å². The third-order valence-corrected chi connectivity index (χ3v) is 8.24. The van der Waals surface area contributed by atoms with E-state index >= 15 is 0 Å². The van der Waals surface area contributed by atoms with Crippen molar-refractivity contribution < 1.29 is 19.1 Å². The lowest BCUT2D eigenvalue weighted by molar-refractivity contribution is -0.160. The Morgan fingerprint density at radius 1 is 0.833 bits per heavy atom. The van der Waals surface area contributed by atoms with E-state index in [1.165, 1.54) is 12.2 Å². The van der Waals surface area contributed by atoms with E-state index < -0.39 is 23.1 Å². The molecule has 2 aromatic rings. The lowest BCUT2D eigenvalue weighted by Crippen LogP contribution is -2.71. The molecule has 12 heteroatoms. The van der Waals surface area contributed by atoms with E-state index in [4.69, 9.17) is 9.47 Å². The molecule has 0 bridgehead atoms. The standard InChI is InChI=1S/C24H24Br2N6O4/c25-15-3-17(7-27-5-15)31-13-23(11-29-9-19(23)31)35-21(33)1-2-22(34)36-24-12-30-10-20(24)32(14-24)18-4-16(26)6-28-8-18/h1-8,19-20,29-30H,9-14H2/b2-1+/t19-,20-,23-,24-/m0/s1. The summed E-state index contributed by atoms with van der Waals surface area (Å²) in [6, 6.07) is 4.00. The topological polar surface area (TPSA) is 109 Å². The number of carbonyl (C=O) groups excluding carboxylic acids is 2. The number of fused-ring (bicyclic) bond motifs is 2. The molecule has 6 rings (SSSR count). The van der Waals surface area contributed by atoms with Gasteiger partial charge in [0.05, 0.1) is 48.9 Å². The molecular formula is C24H24Br2N6O4. The van der Waals surface area contributed by atoms with Crippen molar-refractivity contribution in [2.75, 3.05) is 49.1 Å². The number of halogens is 2. The molecule has 4 atom stereocenters. The first-order valence-corrected chi connectivity index (χ1v) is 13.3. The fourth-order valence-electron chi connectivity index (χ4n) is 5.67. The quantitative estimate of drug-likeness (QED) is 0.364. The molecule has 0 aliphatic carbocycles. The molecule has 0 saturated carbocycles. The average Bonchev–Trinajstić information content (AvgIpc) is 3.30. The van der Waals surface area contributed by atoms with Gasteiger partial charge in [0.1, 0.15) is 0 Å². The highest BCUT2D eigenvalue weighted by Crippen LogP contribution is 2.41. The lowest BCUT2D eigenvalue weighted by Gasteiger charge is -2.53. The number of rotatable bonds is 6.